The van der Waals surface area contributed by atoms with E-state index < -0.39 is 0 Å². The lowest BCUT2D eigenvalue weighted by Crippen LogP contribution is -2.06. The first-order valence-electron chi connectivity index (χ1n) is 9.86. The Morgan fingerprint density at radius 2 is 0.938 bits per heavy atom. The van der Waals surface area contributed by atoms with Gasteiger partial charge >= 0.3 is 0 Å². The van der Waals surface area contributed by atoms with Crippen molar-refractivity contribution in [2.75, 3.05) is 0 Å². The number of benzene rings is 2. The Bertz CT molecular complexity index is 1470. The summed E-state index contributed by atoms with van der Waals surface area (Å²) in [5.74, 6) is 1.25. The van der Waals surface area contributed by atoms with Crippen molar-refractivity contribution in [3.05, 3.63) is 92.6 Å². The molecule has 6 rings (SSSR count). The van der Waals surface area contributed by atoms with Gasteiger partial charge in [0.15, 0.2) is 0 Å². The minimum Gasteiger partial charge on any atom is -0.276 e. The number of aromatic nitrogens is 6. The fraction of sp³-hybridized carbons (Fsp3) is 0. The normalized spacial score (nSPS) is 11.4. The van der Waals surface area contributed by atoms with Gasteiger partial charge in [-0.1, -0.05) is 0 Å². The summed E-state index contributed by atoms with van der Waals surface area (Å²) in [6, 6.07) is 20.8. The Balaban J connectivity index is 1.75. The zero-order valence-corrected chi connectivity index (χ0v) is 20.8. The van der Waals surface area contributed by atoms with Crippen LogP contribution in [-0.2, 0) is 0 Å². The number of halogens is 2. The number of hydrogen-bond donors (Lipinski definition) is 0. The molecule has 0 saturated carbocycles. The van der Waals surface area contributed by atoms with Gasteiger partial charge in [0.2, 0.25) is 11.9 Å². The predicted octanol–water partition coefficient (Wildman–Crippen LogP) is 6.03. The van der Waals surface area contributed by atoms with Crippen LogP contribution in [0.2, 0.25) is 0 Å². The minimum absolute atomic E-state index is 0.624. The molecule has 0 fully saturated rings. The van der Waals surface area contributed by atoms with Gasteiger partial charge in [-0.15, -0.1) is 0 Å². The summed E-state index contributed by atoms with van der Waals surface area (Å²) in [5.41, 5.74) is 4.05. The first-order chi connectivity index (χ1) is 15.7. The molecule has 0 aliphatic carbocycles. The van der Waals surface area contributed by atoms with Crippen LogP contribution < -0.4 is 0 Å². The molecule has 0 amide bonds. The average molecular weight is 640 g/mol. The molecule has 2 aromatic carbocycles. The lowest BCUT2D eigenvalue weighted by molar-refractivity contribution is 0.932. The monoisotopic (exact) mass is 640 g/mol. The van der Waals surface area contributed by atoms with Crippen LogP contribution in [0.25, 0.3) is 45.1 Å². The SMILES string of the molecule is Ic1ccc2c(c1)cc(-c1cc3cc(I)ccc3n1-c1ncccn1)n2-c1ncccn1. The van der Waals surface area contributed by atoms with Crippen LogP contribution in [0, 0.1) is 7.14 Å². The molecule has 0 saturated heterocycles. The highest BCUT2D eigenvalue weighted by Gasteiger charge is 2.21. The molecule has 0 radical (unpaired) electrons. The molecule has 4 heterocycles. The molecule has 154 valence electrons. The summed E-state index contributed by atoms with van der Waals surface area (Å²) in [4.78, 5) is 18.2. The number of rotatable bonds is 3. The maximum absolute atomic E-state index is 4.56. The fourth-order valence-electron chi connectivity index (χ4n) is 3.99. The Kier molecular flexibility index (Phi) is 4.90. The van der Waals surface area contributed by atoms with Crippen molar-refractivity contribution >= 4 is 67.0 Å². The quantitative estimate of drug-likeness (QED) is 0.222. The maximum atomic E-state index is 4.56. The van der Waals surface area contributed by atoms with Crippen LogP contribution in [0.5, 0.6) is 0 Å². The van der Waals surface area contributed by atoms with Crippen LogP contribution >= 0.6 is 45.2 Å². The average Bonchev–Trinajstić information content (AvgIpc) is 3.37. The summed E-state index contributed by atoms with van der Waals surface area (Å²) in [6.45, 7) is 0. The molecule has 0 aliphatic heterocycles. The van der Waals surface area contributed by atoms with Gasteiger partial charge in [0.25, 0.3) is 0 Å². The molecule has 6 aromatic rings. The second-order valence-corrected chi connectivity index (χ2v) is 9.73. The van der Waals surface area contributed by atoms with E-state index >= 15 is 0 Å². The third-order valence-corrected chi connectivity index (χ3v) is 6.64. The highest BCUT2D eigenvalue weighted by Crippen LogP contribution is 2.36. The van der Waals surface area contributed by atoms with E-state index in [1.54, 1.807) is 24.8 Å². The third kappa shape index (κ3) is 3.28. The maximum Gasteiger partial charge on any atom is 0.234 e. The Morgan fingerprint density at radius 1 is 0.531 bits per heavy atom. The molecule has 0 N–H and O–H groups in total. The first-order valence-corrected chi connectivity index (χ1v) is 12.0. The van der Waals surface area contributed by atoms with Gasteiger partial charge in [0, 0.05) is 42.7 Å². The van der Waals surface area contributed by atoms with E-state index in [1.165, 1.54) is 7.14 Å². The lowest BCUT2D eigenvalue weighted by atomic mass is 10.2. The van der Waals surface area contributed by atoms with E-state index in [9.17, 15) is 0 Å². The molecule has 0 atom stereocenters. The summed E-state index contributed by atoms with van der Waals surface area (Å²) in [6.07, 6.45) is 7.07. The van der Waals surface area contributed by atoms with Gasteiger partial charge in [0.05, 0.1) is 22.4 Å². The molecular formula is C24H14I2N6. The van der Waals surface area contributed by atoms with Gasteiger partial charge in [-0.2, -0.15) is 0 Å². The van der Waals surface area contributed by atoms with Gasteiger partial charge < -0.3 is 0 Å². The summed E-state index contributed by atoms with van der Waals surface area (Å²) in [7, 11) is 0. The van der Waals surface area contributed by atoms with E-state index in [1.807, 2.05) is 12.1 Å². The Labute approximate surface area is 210 Å². The molecule has 0 spiro atoms. The van der Waals surface area contributed by atoms with Gasteiger partial charge in [-0.05, 0) is 106 Å². The fourth-order valence-corrected chi connectivity index (χ4v) is 5.02. The van der Waals surface area contributed by atoms with Crippen LogP contribution in [0.1, 0.15) is 0 Å². The van der Waals surface area contributed by atoms with E-state index in [4.69, 9.17) is 0 Å². The second kappa shape index (κ2) is 7.93. The van der Waals surface area contributed by atoms with E-state index in [0.29, 0.717) is 11.9 Å². The largest absolute Gasteiger partial charge is 0.276 e. The van der Waals surface area contributed by atoms with Crippen LogP contribution in [0.4, 0.5) is 0 Å². The van der Waals surface area contributed by atoms with Crippen molar-refractivity contribution in [3.63, 3.8) is 0 Å². The number of nitrogens with zero attached hydrogens (tertiary/aromatic N) is 6. The summed E-state index contributed by atoms with van der Waals surface area (Å²) >= 11 is 4.69. The Hall–Kier alpha value is -2.86. The molecule has 4 aromatic heterocycles. The van der Waals surface area contributed by atoms with Crippen molar-refractivity contribution in [2.24, 2.45) is 0 Å². The van der Waals surface area contributed by atoms with Crippen molar-refractivity contribution in [2.45, 2.75) is 0 Å². The predicted molar refractivity (Wildman–Crippen MR) is 142 cm³/mol. The van der Waals surface area contributed by atoms with Crippen molar-refractivity contribution in [1.29, 1.82) is 0 Å². The van der Waals surface area contributed by atoms with Crippen LogP contribution in [0.15, 0.2) is 85.5 Å². The van der Waals surface area contributed by atoms with E-state index in [-0.39, 0.29) is 0 Å². The first kappa shape index (κ1) is 19.8. The van der Waals surface area contributed by atoms with E-state index in [0.717, 1.165) is 33.2 Å². The van der Waals surface area contributed by atoms with Crippen molar-refractivity contribution < 1.29 is 0 Å². The molecule has 0 bridgehead atoms. The van der Waals surface area contributed by atoms with Gasteiger partial charge in [-0.25, -0.2) is 19.9 Å². The standard InChI is InChI=1S/C24H14I2N6/c25-17-3-5-19-15(11-17)13-21(31(19)23-27-7-1-8-28-23)22-14-16-12-18(26)4-6-20(16)32(22)24-29-9-2-10-30-24/h1-14H. The summed E-state index contributed by atoms with van der Waals surface area (Å²) in [5, 5.41) is 2.25. The molecule has 0 unspecified atom stereocenters. The number of hydrogen-bond acceptors (Lipinski definition) is 4. The zero-order chi connectivity index (χ0) is 21.7. The molecular weight excluding hydrogens is 626 g/mol. The van der Waals surface area contributed by atoms with Crippen molar-refractivity contribution in [1.82, 2.24) is 29.1 Å². The molecule has 8 heteroatoms. The Morgan fingerprint density at radius 3 is 1.34 bits per heavy atom. The second-order valence-electron chi connectivity index (χ2n) is 7.23. The highest BCUT2D eigenvalue weighted by molar-refractivity contribution is 14.1. The smallest absolute Gasteiger partial charge is 0.234 e. The number of fused-ring (bicyclic) bond motifs is 2. The topological polar surface area (TPSA) is 61.4 Å². The molecule has 32 heavy (non-hydrogen) atoms. The molecule has 0 aliphatic rings. The highest BCUT2D eigenvalue weighted by atomic mass is 127. The third-order valence-electron chi connectivity index (χ3n) is 5.29. The summed E-state index contributed by atoms with van der Waals surface area (Å²) < 4.78 is 6.55. The van der Waals surface area contributed by atoms with Crippen LogP contribution in [-0.4, -0.2) is 29.1 Å². The zero-order valence-electron chi connectivity index (χ0n) is 16.5. The minimum atomic E-state index is 0.624. The lowest BCUT2D eigenvalue weighted by Gasteiger charge is -2.12. The van der Waals surface area contributed by atoms with Gasteiger partial charge in [-0.3, -0.25) is 9.13 Å². The van der Waals surface area contributed by atoms with Gasteiger partial charge in [0.1, 0.15) is 0 Å². The molecule has 6 nitrogen and oxygen atoms in total. The van der Waals surface area contributed by atoms with Crippen molar-refractivity contribution in [3.8, 4) is 23.3 Å². The van der Waals surface area contributed by atoms with Crippen LogP contribution in [0.3, 0.4) is 0 Å². The van der Waals surface area contributed by atoms with E-state index in [2.05, 4.69) is 123 Å².